The number of carbonyl (C=O) groups excluding carboxylic acids is 2. The lowest BCUT2D eigenvalue weighted by molar-refractivity contribution is -0.138. The van der Waals surface area contributed by atoms with Crippen molar-refractivity contribution in [3.63, 3.8) is 0 Å². The van der Waals surface area contributed by atoms with Gasteiger partial charge in [0, 0.05) is 11.7 Å². The smallest absolute Gasteiger partial charge is 0.445 e. The van der Waals surface area contributed by atoms with Crippen LogP contribution in [-0.4, -0.2) is 41.3 Å². The molecule has 13 heteroatoms. The molecule has 2 aromatic rings. The fraction of sp³-hybridized carbons (Fsp3) is 0.375. The Morgan fingerprint density at radius 2 is 1.76 bits per heavy atom. The molecule has 1 heterocycles. The number of ether oxygens (including phenoxy) is 1. The number of primary amides is 1. The minimum Gasteiger partial charge on any atom is -0.459 e. The number of aromatic nitrogens is 2. The van der Waals surface area contributed by atoms with E-state index >= 15 is 0 Å². The van der Waals surface area contributed by atoms with Gasteiger partial charge in [0.1, 0.15) is 5.82 Å². The Bertz CT molecular complexity index is 812. The molecule has 0 atom stereocenters. The average molecular weight is 440 g/mol. The number of anilines is 1. The van der Waals surface area contributed by atoms with Gasteiger partial charge in [-0.15, -0.1) is 5.10 Å². The zero-order valence-corrected chi connectivity index (χ0v) is 16.1. The largest absolute Gasteiger partial charge is 0.459 e. The van der Waals surface area contributed by atoms with Crippen LogP contribution in [0.4, 0.5) is 27.6 Å². The second-order valence-electron chi connectivity index (χ2n) is 5.59. The van der Waals surface area contributed by atoms with Crippen molar-refractivity contribution < 1.29 is 36.3 Å². The number of hydrogen-bond donors (Lipinski definition) is 1. The van der Waals surface area contributed by atoms with E-state index in [0.29, 0.717) is 5.69 Å². The average Bonchev–Trinajstić information content (AvgIpc) is 3.11. The highest BCUT2D eigenvalue weighted by Gasteiger charge is 2.36. The molecule has 29 heavy (non-hydrogen) atoms. The first kappa shape index (κ1) is 24.2. The lowest BCUT2D eigenvalue weighted by Crippen LogP contribution is -2.40. The van der Waals surface area contributed by atoms with Gasteiger partial charge in [-0.3, -0.25) is 9.59 Å². The summed E-state index contributed by atoms with van der Waals surface area (Å²) in [4.78, 5) is 22.9. The van der Waals surface area contributed by atoms with Crippen molar-refractivity contribution >= 4 is 28.8 Å². The molecule has 0 aliphatic heterocycles. The van der Waals surface area contributed by atoms with Crippen LogP contribution in [0.15, 0.2) is 24.3 Å². The van der Waals surface area contributed by atoms with Gasteiger partial charge in [0.2, 0.25) is 10.9 Å². The quantitative estimate of drug-likeness (QED) is 0.697. The van der Waals surface area contributed by atoms with Crippen LogP contribution in [0.1, 0.15) is 18.9 Å². The van der Waals surface area contributed by atoms with Crippen LogP contribution >= 0.6 is 11.3 Å². The lowest BCUT2D eigenvalue weighted by Gasteiger charge is -2.26. The lowest BCUT2D eigenvalue weighted by atomic mass is 10.2. The summed E-state index contributed by atoms with van der Waals surface area (Å²) in [6.07, 6.45) is -4.61. The van der Waals surface area contributed by atoms with E-state index in [2.05, 4.69) is 15.9 Å². The fourth-order valence-corrected chi connectivity index (χ4v) is 2.47. The Labute approximate surface area is 166 Å². The van der Waals surface area contributed by atoms with Crippen molar-refractivity contribution in [2.45, 2.75) is 26.1 Å². The summed E-state index contributed by atoms with van der Waals surface area (Å²) in [5, 5.41) is 4.72. The third-order valence-corrected chi connectivity index (χ3v) is 3.87. The standard InChI is InChI=1S/C14H13F4N3O2S.C2H4FNO/c1-8(2)21(10-5-3-9(15)4-6-10)11(22)7-23-13-20-19-12(24-13)14(16,17)18;3-1-2(4)5/h3-6,8H,7H2,1-2H3;1H2,(H2,4,5). The second-order valence-corrected chi connectivity index (χ2v) is 6.53. The molecule has 1 aromatic heterocycles. The van der Waals surface area contributed by atoms with Crippen LogP contribution in [0.25, 0.3) is 0 Å². The number of carbonyl (C=O) groups is 2. The van der Waals surface area contributed by atoms with Gasteiger partial charge in [-0.05, 0) is 38.1 Å². The Balaban J connectivity index is 0.000000749. The van der Waals surface area contributed by atoms with Crippen molar-refractivity contribution in [3.05, 3.63) is 35.1 Å². The zero-order chi connectivity index (χ0) is 22.2. The maximum Gasteiger partial charge on any atom is 0.445 e. The molecule has 0 saturated carbocycles. The van der Waals surface area contributed by atoms with E-state index in [-0.39, 0.29) is 22.6 Å². The van der Waals surface area contributed by atoms with Gasteiger partial charge in [-0.25, -0.2) is 8.78 Å². The topological polar surface area (TPSA) is 98.4 Å². The molecular formula is C16H17F5N4O3S. The maximum absolute atomic E-state index is 13.0. The van der Waals surface area contributed by atoms with Crippen LogP contribution in [0.5, 0.6) is 5.19 Å². The number of nitrogens with two attached hydrogens (primary N) is 1. The third kappa shape index (κ3) is 7.97. The van der Waals surface area contributed by atoms with Gasteiger partial charge in [-0.1, -0.05) is 16.4 Å². The molecule has 2 amide bonds. The first-order valence-electron chi connectivity index (χ1n) is 7.91. The highest BCUT2D eigenvalue weighted by atomic mass is 32.1. The molecule has 0 saturated heterocycles. The fourth-order valence-electron chi connectivity index (χ4n) is 1.91. The summed E-state index contributed by atoms with van der Waals surface area (Å²) in [6, 6.07) is 5.02. The van der Waals surface area contributed by atoms with Crippen molar-refractivity contribution in [1.82, 2.24) is 10.2 Å². The first-order valence-corrected chi connectivity index (χ1v) is 8.72. The molecule has 0 aliphatic rings. The van der Waals surface area contributed by atoms with Gasteiger partial charge >= 0.3 is 6.18 Å². The predicted octanol–water partition coefficient (Wildman–Crippen LogP) is 2.96. The van der Waals surface area contributed by atoms with Gasteiger partial charge in [0.25, 0.3) is 11.1 Å². The Morgan fingerprint density at radius 1 is 1.21 bits per heavy atom. The van der Waals surface area contributed by atoms with Crippen molar-refractivity contribution in [2.75, 3.05) is 18.2 Å². The summed E-state index contributed by atoms with van der Waals surface area (Å²) in [7, 11) is 0. The van der Waals surface area contributed by atoms with Crippen molar-refractivity contribution in [2.24, 2.45) is 5.73 Å². The predicted molar refractivity (Wildman–Crippen MR) is 94.6 cm³/mol. The zero-order valence-electron chi connectivity index (χ0n) is 15.2. The van der Waals surface area contributed by atoms with Crippen molar-refractivity contribution in [1.29, 1.82) is 0 Å². The number of alkyl halides is 4. The van der Waals surface area contributed by atoms with Gasteiger partial charge in [-0.2, -0.15) is 13.2 Å². The highest BCUT2D eigenvalue weighted by molar-refractivity contribution is 7.13. The first-order chi connectivity index (χ1) is 13.5. The Kier molecular flexibility index (Phi) is 8.88. The van der Waals surface area contributed by atoms with E-state index in [4.69, 9.17) is 4.74 Å². The molecule has 0 bridgehead atoms. The molecule has 0 radical (unpaired) electrons. The molecule has 2 rings (SSSR count). The molecule has 0 aliphatic carbocycles. The van der Waals surface area contributed by atoms with Crippen LogP contribution in [0.3, 0.4) is 0 Å². The van der Waals surface area contributed by atoms with Crippen LogP contribution < -0.4 is 15.4 Å². The van der Waals surface area contributed by atoms with E-state index < -0.39 is 42.1 Å². The Hall–Kier alpha value is -2.83. The highest BCUT2D eigenvalue weighted by Crippen LogP contribution is 2.33. The van der Waals surface area contributed by atoms with E-state index in [1.807, 2.05) is 0 Å². The molecule has 7 nitrogen and oxygen atoms in total. The second kappa shape index (κ2) is 10.6. The molecule has 0 unspecified atom stereocenters. The minimum atomic E-state index is -4.61. The summed E-state index contributed by atoms with van der Waals surface area (Å²) in [5.41, 5.74) is 4.73. The summed E-state index contributed by atoms with van der Waals surface area (Å²) in [5.74, 6) is -1.86. The SMILES string of the molecule is CC(C)N(C(=O)COc1nnc(C(F)(F)F)s1)c1ccc(F)cc1.NC(=O)CF. The molecule has 0 spiro atoms. The van der Waals surface area contributed by atoms with Crippen LogP contribution in [0.2, 0.25) is 0 Å². The maximum atomic E-state index is 13.0. The molecule has 2 N–H and O–H groups in total. The summed E-state index contributed by atoms with van der Waals surface area (Å²) < 4.78 is 65.9. The number of halogens is 5. The van der Waals surface area contributed by atoms with E-state index in [9.17, 15) is 31.5 Å². The van der Waals surface area contributed by atoms with Crippen molar-refractivity contribution in [3.8, 4) is 5.19 Å². The monoisotopic (exact) mass is 440 g/mol. The van der Waals surface area contributed by atoms with Gasteiger partial charge in [0.05, 0.1) is 0 Å². The van der Waals surface area contributed by atoms with Crippen LogP contribution in [0, 0.1) is 5.82 Å². The molecular weight excluding hydrogens is 423 g/mol. The summed E-state index contributed by atoms with van der Waals surface area (Å²) >= 11 is 0.210. The number of benzene rings is 1. The van der Waals surface area contributed by atoms with Gasteiger partial charge < -0.3 is 15.4 Å². The van der Waals surface area contributed by atoms with E-state index in [1.165, 1.54) is 29.2 Å². The Morgan fingerprint density at radius 3 is 2.17 bits per heavy atom. The van der Waals surface area contributed by atoms with Gasteiger partial charge in [0.15, 0.2) is 13.3 Å². The van der Waals surface area contributed by atoms with E-state index in [0.717, 1.165) is 0 Å². The number of hydrogen-bond acceptors (Lipinski definition) is 6. The normalized spacial score (nSPS) is 10.9. The minimum absolute atomic E-state index is 0.210. The molecule has 160 valence electrons. The number of rotatable bonds is 6. The third-order valence-electron chi connectivity index (χ3n) is 2.99. The number of nitrogens with zero attached hydrogens (tertiary/aromatic N) is 3. The molecule has 1 aromatic carbocycles. The van der Waals surface area contributed by atoms with E-state index in [1.54, 1.807) is 13.8 Å². The van der Waals surface area contributed by atoms with Crippen LogP contribution in [-0.2, 0) is 15.8 Å². The number of amides is 2. The summed E-state index contributed by atoms with van der Waals surface area (Å²) in [6.45, 7) is 1.92. The molecule has 0 fully saturated rings.